The molecule has 0 amide bonds. The Morgan fingerprint density at radius 2 is 1.21 bits per heavy atom. The molecular weight excluding hydrogens is 436 g/mol. The van der Waals surface area contributed by atoms with Gasteiger partial charge in [-0.3, -0.25) is 9.59 Å². The second-order valence-electron chi connectivity index (χ2n) is 7.49. The fourth-order valence-corrected chi connectivity index (χ4v) is 3.51. The van der Waals surface area contributed by atoms with Crippen molar-refractivity contribution in [1.29, 1.82) is 0 Å². The molecule has 3 aromatic carbocycles. The van der Waals surface area contributed by atoms with Crippen molar-refractivity contribution in [3.8, 4) is 17.2 Å². The highest BCUT2D eigenvalue weighted by atomic mass is 16.5. The Kier molecular flexibility index (Phi) is 8.03. The molecule has 0 saturated heterocycles. The monoisotopic (exact) mass is 462 g/mol. The van der Waals surface area contributed by atoms with E-state index in [1.807, 2.05) is 18.2 Å². The summed E-state index contributed by atoms with van der Waals surface area (Å²) >= 11 is 0. The maximum absolute atomic E-state index is 13.0. The van der Waals surface area contributed by atoms with Crippen LogP contribution in [-0.2, 0) is 17.6 Å². The van der Waals surface area contributed by atoms with Crippen molar-refractivity contribution < 1.29 is 33.3 Å². The van der Waals surface area contributed by atoms with Crippen LogP contribution >= 0.6 is 0 Å². The summed E-state index contributed by atoms with van der Waals surface area (Å²) in [4.78, 5) is 37.5. The number of ketones is 2. The van der Waals surface area contributed by atoms with E-state index in [2.05, 4.69) is 0 Å². The van der Waals surface area contributed by atoms with Gasteiger partial charge in [0.25, 0.3) is 0 Å². The summed E-state index contributed by atoms with van der Waals surface area (Å²) in [5.74, 6) is -0.363. The zero-order valence-corrected chi connectivity index (χ0v) is 19.5. The molecule has 176 valence electrons. The minimum Gasteiger partial charge on any atom is -0.497 e. The van der Waals surface area contributed by atoms with Gasteiger partial charge in [-0.1, -0.05) is 12.1 Å². The minimum absolute atomic E-state index is 0.206. The zero-order chi connectivity index (χ0) is 24.7. The highest BCUT2D eigenvalue weighted by Crippen LogP contribution is 2.28. The molecule has 7 heteroatoms. The summed E-state index contributed by atoms with van der Waals surface area (Å²) in [5.41, 5.74) is 2.80. The quantitative estimate of drug-likeness (QED) is 0.251. The molecule has 0 radical (unpaired) electrons. The summed E-state index contributed by atoms with van der Waals surface area (Å²) in [5, 5.41) is 0. The molecule has 0 heterocycles. The first-order valence-electron chi connectivity index (χ1n) is 10.6. The van der Waals surface area contributed by atoms with Crippen molar-refractivity contribution in [3.05, 3.63) is 88.5 Å². The Labute approximate surface area is 198 Å². The fraction of sp³-hybridized carbons (Fsp3) is 0.222. The number of aryl methyl sites for hydroxylation is 2. The molecular formula is C27H26O7. The van der Waals surface area contributed by atoms with Gasteiger partial charge in [-0.25, -0.2) is 4.79 Å². The lowest BCUT2D eigenvalue weighted by atomic mass is 9.97. The van der Waals surface area contributed by atoms with Gasteiger partial charge in [0.2, 0.25) is 11.6 Å². The molecule has 0 aromatic heterocycles. The molecule has 3 rings (SSSR count). The summed E-state index contributed by atoms with van der Waals surface area (Å²) < 4.78 is 20.5. The molecule has 0 atom stereocenters. The third-order valence-corrected chi connectivity index (χ3v) is 5.39. The molecule has 0 aliphatic rings. The van der Waals surface area contributed by atoms with Crippen LogP contribution in [0, 0.1) is 0 Å². The Hall–Kier alpha value is -4.13. The molecule has 0 spiro atoms. The van der Waals surface area contributed by atoms with E-state index in [0.29, 0.717) is 35.7 Å². The van der Waals surface area contributed by atoms with Gasteiger partial charge in [0.1, 0.15) is 5.75 Å². The number of ether oxygens (including phenoxy) is 4. The molecule has 0 saturated carbocycles. The van der Waals surface area contributed by atoms with Crippen molar-refractivity contribution >= 4 is 17.5 Å². The van der Waals surface area contributed by atoms with E-state index in [1.165, 1.54) is 40.6 Å². The molecule has 0 unspecified atom stereocenters. The number of Topliss-reactive ketones (excluding diaryl/α,β-unsaturated/α-hetero) is 2. The number of hydrogen-bond donors (Lipinski definition) is 0. The molecule has 0 N–H and O–H groups in total. The molecule has 34 heavy (non-hydrogen) atoms. The Morgan fingerprint density at radius 3 is 1.82 bits per heavy atom. The molecule has 0 fully saturated rings. The van der Waals surface area contributed by atoms with Crippen LogP contribution in [0.4, 0.5) is 0 Å². The third-order valence-electron chi connectivity index (χ3n) is 5.39. The maximum Gasteiger partial charge on any atom is 0.337 e. The fourth-order valence-electron chi connectivity index (χ4n) is 3.51. The van der Waals surface area contributed by atoms with Crippen LogP contribution in [0.5, 0.6) is 17.2 Å². The first-order valence-corrected chi connectivity index (χ1v) is 10.6. The number of carbonyl (C=O) groups is 3. The molecule has 3 aromatic rings. The smallest absolute Gasteiger partial charge is 0.337 e. The number of hydrogen-bond acceptors (Lipinski definition) is 7. The second-order valence-corrected chi connectivity index (χ2v) is 7.49. The van der Waals surface area contributed by atoms with Gasteiger partial charge in [-0.05, 0) is 72.5 Å². The normalized spacial score (nSPS) is 10.4. The van der Waals surface area contributed by atoms with Crippen LogP contribution in [0.2, 0.25) is 0 Å². The van der Waals surface area contributed by atoms with Crippen molar-refractivity contribution in [1.82, 2.24) is 0 Å². The summed E-state index contributed by atoms with van der Waals surface area (Å²) in [6, 6.07) is 16.8. The lowest BCUT2D eigenvalue weighted by molar-refractivity contribution is 0.0600. The van der Waals surface area contributed by atoms with E-state index in [0.717, 1.165) is 11.1 Å². The lowest BCUT2D eigenvalue weighted by Crippen LogP contribution is -2.15. The number of esters is 1. The van der Waals surface area contributed by atoms with Crippen LogP contribution in [0.3, 0.4) is 0 Å². The average molecular weight is 462 g/mol. The predicted molar refractivity (Wildman–Crippen MR) is 126 cm³/mol. The summed E-state index contributed by atoms with van der Waals surface area (Å²) in [6.07, 6.45) is 1.28. The van der Waals surface area contributed by atoms with Crippen molar-refractivity contribution in [2.24, 2.45) is 0 Å². The minimum atomic E-state index is -0.654. The average Bonchev–Trinajstić information content (AvgIpc) is 2.90. The van der Waals surface area contributed by atoms with E-state index in [9.17, 15) is 14.4 Å². The van der Waals surface area contributed by atoms with Gasteiger partial charge in [0.15, 0.2) is 11.5 Å². The van der Waals surface area contributed by atoms with E-state index in [1.54, 1.807) is 30.3 Å². The predicted octanol–water partition coefficient (Wildman–Crippen LogP) is 4.35. The highest BCUT2D eigenvalue weighted by molar-refractivity contribution is 6.49. The van der Waals surface area contributed by atoms with E-state index >= 15 is 0 Å². The Morgan fingerprint density at radius 1 is 0.588 bits per heavy atom. The number of methoxy groups -OCH3 is 4. The van der Waals surface area contributed by atoms with E-state index < -0.39 is 11.6 Å². The standard InChI is InChI=1S/C27H26O7/c1-31-22-14-18(6-5-17-7-9-19(10-8-17)27(30)34-4)13-21(15-22)26(29)25(28)20-11-12-23(32-2)24(16-20)33-3/h7-16H,5-6H2,1-4H3. The maximum atomic E-state index is 13.0. The second kappa shape index (κ2) is 11.1. The van der Waals surface area contributed by atoms with Crippen LogP contribution < -0.4 is 14.2 Å². The van der Waals surface area contributed by atoms with Crippen molar-refractivity contribution in [2.45, 2.75) is 12.8 Å². The van der Waals surface area contributed by atoms with Crippen LogP contribution in [-0.4, -0.2) is 46.0 Å². The van der Waals surface area contributed by atoms with Gasteiger partial charge in [0, 0.05) is 11.1 Å². The van der Waals surface area contributed by atoms with Crippen molar-refractivity contribution in [2.75, 3.05) is 28.4 Å². The van der Waals surface area contributed by atoms with Gasteiger partial charge in [0.05, 0.1) is 34.0 Å². The first kappa shape index (κ1) is 24.5. The molecule has 7 nitrogen and oxygen atoms in total. The summed E-state index contributed by atoms with van der Waals surface area (Å²) in [7, 11) is 5.81. The van der Waals surface area contributed by atoms with Crippen LogP contribution in [0.15, 0.2) is 60.7 Å². The van der Waals surface area contributed by atoms with Gasteiger partial charge < -0.3 is 18.9 Å². The third kappa shape index (κ3) is 5.61. The van der Waals surface area contributed by atoms with Gasteiger partial charge in [-0.2, -0.15) is 0 Å². The number of rotatable bonds is 10. The molecule has 0 bridgehead atoms. The van der Waals surface area contributed by atoms with Crippen molar-refractivity contribution in [3.63, 3.8) is 0 Å². The highest BCUT2D eigenvalue weighted by Gasteiger charge is 2.21. The summed E-state index contributed by atoms with van der Waals surface area (Å²) in [6.45, 7) is 0. The number of benzene rings is 3. The Balaban J connectivity index is 1.79. The largest absolute Gasteiger partial charge is 0.497 e. The molecule has 0 aliphatic carbocycles. The lowest BCUT2D eigenvalue weighted by Gasteiger charge is -2.11. The van der Waals surface area contributed by atoms with E-state index in [4.69, 9.17) is 18.9 Å². The zero-order valence-electron chi connectivity index (χ0n) is 19.5. The van der Waals surface area contributed by atoms with Gasteiger partial charge in [-0.15, -0.1) is 0 Å². The van der Waals surface area contributed by atoms with Crippen LogP contribution in [0.25, 0.3) is 0 Å². The first-order chi connectivity index (χ1) is 16.4. The number of carbonyl (C=O) groups excluding carboxylic acids is 3. The van der Waals surface area contributed by atoms with Crippen LogP contribution in [0.1, 0.15) is 42.2 Å². The van der Waals surface area contributed by atoms with E-state index in [-0.39, 0.29) is 17.1 Å². The SMILES string of the molecule is COC(=O)c1ccc(CCc2cc(OC)cc(C(=O)C(=O)c3ccc(OC)c(OC)c3)c2)cc1. The Bertz CT molecular complexity index is 1200. The topological polar surface area (TPSA) is 88.1 Å². The van der Waals surface area contributed by atoms with Gasteiger partial charge >= 0.3 is 5.97 Å². The molecule has 0 aliphatic heterocycles.